The fourth-order valence-corrected chi connectivity index (χ4v) is 2.79. The van der Waals surface area contributed by atoms with E-state index in [-0.39, 0.29) is 4.90 Å². The Morgan fingerprint density at radius 2 is 2.00 bits per heavy atom. The average Bonchev–Trinajstić information content (AvgIpc) is 2.34. The molecule has 0 aliphatic rings. The maximum Gasteiger partial charge on any atom is 0.291 e. The smallest absolute Gasteiger partial charge is 0.291 e. The summed E-state index contributed by atoms with van der Waals surface area (Å²) in [5.41, 5.74) is 0.0582. The number of hydrazine groups is 1. The van der Waals surface area contributed by atoms with Crippen molar-refractivity contribution in [2.75, 3.05) is 26.0 Å². The van der Waals surface area contributed by atoms with Gasteiger partial charge in [-0.15, -0.1) is 4.83 Å². The summed E-state index contributed by atoms with van der Waals surface area (Å²) in [5.74, 6) is 0. The predicted octanol–water partition coefficient (Wildman–Crippen LogP) is 1.17. The molecule has 0 aliphatic carbocycles. The molecule has 20 heavy (non-hydrogen) atoms. The highest BCUT2D eigenvalue weighted by atomic mass is 32.2. The molecule has 0 atom stereocenters. The second kappa shape index (κ2) is 6.64. The number of hydrogen-bond donors (Lipinski definition) is 2. The van der Waals surface area contributed by atoms with Crippen molar-refractivity contribution in [1.82, 2.24) is 9.84 Å². The lowest BCUT2D eigenvalue weighted by molar-refractivity contribution is -0.387. The topological polar surface area (TPSA) is 105 Å². The van der Waals surface area contributed by atoms with Crippen molar-refractivity contribution in [3.8, 4) is 0 Å². The van der Waals surface area contributed by atoms with E-state index in [1.165, 1.54) is 37.3 Å². The van der Waals surface area contributed by atoms with Crippen molar-refractivity contribution >= 4 is 21.4 Å². The number of rotatable bonds is 7. The number of nitro groups is 1. The minimum atomic E-state index is -3.97. The van der Waals surface area contributed by atoms with E-state index < -0.39 is 20.6 Å². The van der Waals surface area contributed by atoms with Crippen LogP contribution >= 0.6 is 0 Å². The van der Waals surface area contributed by atoms with Crippen molar-refractivity contribution in [3.05, 3.63) is 28.3 Å². The van der Waals surface area contributed by atoms with Crippen LogP contribution in [0.5, 0.6) is 0 Å². The van der Waals surface area contributed by atoms with Gasteiger partial charge in [-0.1, -0.05) is 6.92 Å². The summed E-state index contributed by atoms with van der Waals surface area (Å²) in [4.78, 5) is 12.2. The molecule has 0 aromatic heterocycles. The Morgan fingerprint density at radius 1 is 1.35 bits per heavy atom. The molecule has 8 nitrogen and oxygen atoms in total. The minimum absolute atomic E-state index is 0.363. The van der Waals surface area contributed by atoms with Gasteiger partial charge >= 0.3 is 0 Å². The molecule has 0 fully saturated rings. The van der Waals surface area contributed by atoms with E-state index >= 15 is 0 Å². The summed E-state index contributed by atoms with van der Waals surface area (Å²) in [5, 5.41) is 15.2. The SMILES string of the molecule is CCCNc1ccc(S(=O)(=O)NN(C)C)c([N+](=O)[O-])c1. The van der Waals surface area contributed by atoms with Gasteiger partial charge in [0, 0.05) is 32.4 Å². The molecule has 0 heterocycles. The van der Waals surface area contributed by atoms with Crippen LogP contribution < -0.4 is 10.1 Å². The van der Waals surface area contributed by atoms with Crippen LogP contribution in [0, 0.1) is 10.1 Å². The average molecular weight is 302 g/mol. The molecule has 0 unspecified atom stereocenters. The third-order valence-electron chi connectivity index (χ3n) is 2.33. The minimum Gasteiger partial charge on any atom is -0.385 e. The Hall–Kier alpha value is -1.71. The van der Waals surface area contributed by atoms with Gasteiger partial charge in [0.05, 0.1) is 4.92 Å². The van der Waals surface area contributed by atoms with Crippen LogP contribution in [-0.2, 0) is 10.0 Å². The lowest BCUT2D eigenvalue weighted by Gasteiger charge is -2.13. The van der Waals surface area contributed by atoms with Crippen LogP contribution in [0.15, 0.2) is 23.1 Å². The van der Waals surface area contributed by atoms with Crippen LogP contribution in [0.1, 0.15) is 13.3 Å². The molecule has 1 aromatic carbocycles. The molecule has 1 aromatic rings. The zero-order chi connectivity index (χ0) is 15.3. The molecular formula is C11H18N4O4S. The normalized spacial score (nSPS) is 11.6. The molecule has 0 spiro atoms. The molecule has 0 aliphatic heterocycles. The fraction of sp³-hybridized carbons (Fsp3) is 0.455. The van der Waals surface area contributed by atoms with Gasteiger partial charge in [-0.3, -0.25) is 10.1 Å². The zero-order valence-electron chi connectivity index (χ0n) is 11.6. The number of hydrogen-bond acceptors (Lipinski definition) is 6. The quantitative estimate of drug-likeness (QED) is 0.578. The van der Waals surface area contributed by atoms with Crippen LogP contribution in [-0.4, -0.2) is 39.0 Å². The standard InChI is InChI=1S/C11H18N4O4S/c1-4-7-12-9-5-6-11(10(8-9)15(16)17)20(18,19)13-14(2)3/h5-6,8,12-13H,4,7H2,1-3H3. The second-order valence-corrected chi connectivity index (χ2v) is 5.98. The van der Waals surface area contributed by atoms with E-state index in [0.717, 1.165) is 6.42 Å². The van der Waals surface area contributed by atoms with Gasteiger partial charge in [-0.2, -0.15) is 0 Å². The lowest BCUT2D eigenvalue weighted by atomic mass is 10.2. The first-order valence-corrected chi connectivity index (χ1v) is 7.48. The van der Waals surface area contributed by atoms with Crippen molar-refractivity contribution in [1.29, 1.82) is 0 Å². The number of anilines is 1. The number of sulfonamides is 1. The Labute approximate surface area is 117 Å². The van der Waals surface area contributed by atoms with E-state index in [1.54, 1.807) is 0 Å². The Balaban J connectivity index is 3.23. The molecule has 1 rings (SSSR count). The van der Waals surface area contributed by atoms with Gasteiger partial charge < -0.3 is 5.32 Å². The van der Waals surface area contributed by atoms with Gasteiger partial charge in [-0.05, 0) is 18.6 Å². The third kappa shape index (κ3) is 4.15. The first-order valence-electron chi connectivity index (χ1n) is 6.00. The monoisotopic (exact) mass is 302 g/mol. The zero-order valence-corrected chi connectivity index (χ0v) is 12.4. The van der Waals surface area contributed by atoms with E-state index in [9.17, 15) is 18.5 Å². The molecule has 0 saturated heterocycles. The number of nitrogens with zero attached hydrogens (tertiary/aromatic N) is 2. The van der Waals surface area contributed by atoms with Gasteiger partial charge in [0.25, 0.3) is 15.7 Å². The molecule has 112 valence electrons. The van der Waals surface area contributed by atoms with Crippen molar-refractivity contribution in [2.45, 2.75) is 18.2 Å². The van der Waals surface area contributed by atoms with Crippen molar-refractivity contribution in [2.24, 2.45) is 0 Å². The summed E-state index contributed by atoms with van der Waals surface area (Å²) in [6.45, 7) is 2.61. The van der Waals surface area contributed by atoms with Crippen LogP contribution in [0.3, 0.4) is 0 Å². The predicted molar refractivity (Wildman–Crippen MR) is 75.9 cm³/mol. The summed E-state index contributed by atoms with van der Waals surface area (Å²) in [7, 11) is -0.993. The molecule has 0 radical (unpaired) electrons. The van der Waals surface area contributed by atoms with Crippen LogP contribution in [0.25, 0.3) is 0 Å². The Morgan fingerprint density at radius 3 is 2.50 bits per heavy atom. The summed E-state index contributed by atoms with van der Waals surface area (Å²) in [6, 6.07) is 3.95. The summed E-state index contributed by atoms with van der Waals surface area (Å²) < 4.78 is 24.0. The highest BCUT2D eigenvalue weighted by molar-refractivity contribution is 7.89. The van der Waals surface area contributed by atoms with E-state index in [2.05, 4.69) is 10.1 Å². The number of nitro benzene ring substituents is 1. The Bertz CT molecular complexity index is 586. The van der Waals surface area contributed by atoms with E-state index in [0.29, 0.717) is 12.2 Å². The largest absolute Gasteiger partial charge is 0.385 e. The van der Waals surface area contributed by atoms with Crippen molar-refractivity contribution in [3.63, 3.8) is 0 Å². The number of benzene rings is 1. The molecule has 2 N–H and O–H groups in total. The Kier molecular flexibility index (Phi) is 5.43. The van der Waals surface area contributed by atoms with Crippen LogP contribution in [0.4, 0.5) is 11.4 Å². The fourth-order valence-electron chi connectivity index (χ4n) is 1.56. The summed E-state index contributed by atoms with van der Waals surface area (Å²) in [6.07, 6.45) is 0.857. The van der Waals surface area contributed by atoms with E-state index in [1.807, 2.05) is 6.92 Å². The molecular weight excluding hydrogens is 284 g/mol. The highest BCUT2D eigenvalue weighted by Crippen LogP contribution is 2.27. The molecule has 9 heteroatoms. The highest BCUT2D eigenvalue weighted by Gasteiger charge is 2.26. The van der Waals surface area contributed by atoms with E-state index in [4.69, 9.17) is 0 Å². The summed E-state index contributed by atoms with van der Waals surface area (Å²) >= 11 is 0. The van der Waals surface area contributed by atoms with Gasteiger partial charge in [0.15, 0.2) is 4.90 Å². The molecule has 0 saturated carbocycles. The third-order valence-corrected chi connectivity index (χ3v) is 3.86. The number of nitrogens with one attached hydrogen (secondary N) is 2. The van der Waals surface area contributed by atoms with Gasteiger partial charge in [-0.25, -0.2) is 13.4 Å². The maximum atomic E-state index is 12.0. The first-order chi connectivity index (χ1) is 9.27. The molecule has 0 amide bonds. The van der Waals surface area contributed by atoms with Crippen LogP contribution in [0.2, 0.25) is 0 Å². The van der Waals surface area contributed by atoms with Crippen molar-refractivity contribution < 1.29 is 13.3 Å². The maximum absolute atomic E-state index is 12.0. The van der Waals surface area contributed by atoms with Gasteiger partial charge in [0.1, 0.15) is 0 Å². The van der Waals surface area contributed by atoms with Gasteiger partial charge in [0.2, 0.25) is 0 Å². The lowest BCUT2D eigenvalue weighted by Crippen LogP contribution is -2.36. The second-order valence-electron chi connectivity index (χ2n) is 4.36. The first kappa shape index (κ1) is 16.3. The molecule has 0 bridgehead atoms.